The summed E-state index contributed by atoms with van der Waals surface area (Å²) in [4.78, 5) is 44.4. The zero-order valence-corrected chi connectivity index (χ0v) is 12.0. The molecule has 0 unspecified atom stereocenters. The van der Waals surface area contributed by atoms with Gasteiger partial charge in [0.25, 0.3) is 0 Å². The second-order valence-corrected chi connectivity index (χ2v) is 5.01. The van der Waals surface area contributed by atoms with Crippen LogP contribution in [0.1, 0.15) is 26.7 Å². The fraction of sp³-hybridized carbons (Fsp3) is 0.667. The first kappa shape index (κ1) is 18.8. The Bertz CT molecular complexity index is 410. The first-order chi connectivity index (χ1) is 9.63. The number of carboxylic acids is 2. The normalized spacial score (nSPS) is 13.3. The Kier molecular flexibility index (Phi) is 7.99. The first-order valence-electron chi connectivity index (χ1n) is 6.40. The average Bonchev–Trinajstić information content (AvgIpc) is 2.33. The van der Waals surface area contributed by atoms with Gasteiger partial charge in [-0.05, 0) is 12.3 Å². The van der Waals surface area contributed by atoms with E-state index < -0.39 is 48.8 Å². The number of carboxylic acid groups (broad SMARTS) is 2. The van der Waals surface area contributed by atoms with E-state index in [-0.39, 0.29) is 12.3 Å². The molecule has 21 heavy (non-hydrogen) atoms. The van der Waals surface area contributed by atoms with E-state index >= 15 is 0 Å². The number of hydrogen-bond donors (Lipinski definition) is 5. The molecule has 0 aromatic rings. The van der Waals surface area contributed by atoms with Crippen LogP contribution in [-0.4, -0.2) is 52.6 Å². The van der Waals surface area contributed by atoms with Gasteiger partial charge in [0.1, 0.15) is 12.6 Å². The van der Waals surface area contributed by atoms with Crippen LogP contribution >= 0.6 is 0 Å². The molecule has 0 radical (unpaired) electrons. The summed E-state index contributed by atoms with van der Waals surface area (Å²) >= 11 is 0. The third kappa shape index (κ3) is 8.58. The molecule has 2 atom stereocenters. The summed E-state index contributed by atoms with van der Waals surface area (Å²) in [5.41, 5.74) is 5.40. The van der Waals surface area contributed by atoms with Gasteiger partial charge in [0.15, 0.2) is 0 Å². The lowest BCUT2D eigenvalue weighted by Gasteiger charge is -2.21. The number of carbonyl (C=O) groups is 4. The molecule has 6 N–H and O–H groups in total. The molecule has 9 nitrogen and oxygen atoms in total. The van der Waals surface area contributed by atoms with Crippen molar-refractivity contribution in [3.8, 4) is 0 Å². The van der Waals surface area contributed by atoms with E-state index in [0.29, 0.717) is 0 Å². The fourth-order valence-corrected chi connectivity index (χ4v) is 1.55. The lowest BCUT2D eigenvalue weighted by atomic mass is 10.0. The molecule has 120 valence electrons. The lowest BCUT2D eigenvalue weighted by molar-refractivity contribution is -0.140. The van der Waals surface area contributed by atoms with Gasteiger partial charge in [-0.25, -0.2) is 0 Å². The van der Waals surface area contributed by atoms with Crippen LogP contribution in [0.2, 0.25) is 0 Å². The van der Waals surface area contributed by atoms with Crippen molar-refractivity contribution in [2.24, 2.45) is 11.7 Å². The largest absolute Gasteiger partial charge is 0.481 e. The van der Waals surface area contributed by atoms with Gasteiger partial charge in [-0.2, -0.15) is 0 Å². The van der Waals surface area contributed by atoms with Gasteiger partial charge in [-0.15, -0.1) is 0 Å². The smallest absolute Gasteiger partial charge is 0.322 e. The Morgan fingerprint density at radius 3 is 2.05 bits per heavy atom. The van der Waals surface area contributed by atoms with E-state index in [0.717, 1.165) is 0 Å². The van der Waals surface area contributed by atoms with Crippen LogP contribution in [0.5, 0.6) is 0 Å². The maximum atomic E-state index is 11.8. The fourth-order valence-electron chi connectivity index (χ4n) is 1.55. The Morgan fingerprint density at radius 1 is 1.05 bits per heavy atom. The van der Waals surface area contributed by atoms with Crippen LogP contribution in [0, 0.1) is 5.92 Å². The van der Waals surface area contributed by atoms with E-state index in [2.05, 4.69) is 10.6 Å². The summed E-state index contributed by atoms with van der Waals surface area (Å²) in [7, 11) is 0. The predicted molar refractivity (Wildman–Crippen MR) is 72.3 cm³/mol. The molecule has 0 bridgehead atoms. The van der Waals surface area contributed by atoms with Crippen molar-refractivity contribution in [1.29, 1.82) is 0 Å². The summed E-state index contributed by atoms with van der Waals surface area (Å²) in [6, 6.07) is -2.24. The highest BCUT2D eigenvalue weighted by molar-refractivity contribution is 5.92. The van der Waals surface area contributed by atoms with E-state index in [1.54, 1.807) is 0 Å². The molecule has 0 aliphatic rings. The van der Waals surface area contributed by atoms with Crippen molar-refractivity contribution in [1.82, 2.24) is 10.6 Å². The van der Waals surface area contributed by atoms with Crippen molar-refractivity contribution in [3.63, 3.8) is 0 Å². The zero-order valence-electron chi connectivity index (χ0n) is 12.0. The van der Waals surface area contributed by atoms with Gasteiger partial charge in [0, 0.05) is 0 Å². The Balaban J connectivity index is 4.67. The molecule has 0 heterocycles. The number of hydrogen-bond acceptors (Lipinski definition) is 5. The summed E-state index contributed by atoms with van der Waals surface area (Å²) in [6.45, 7) is 3.08. The van der Waals surface area contributed by atoms with Crippen LogP contribution in [0.3, 0.4) is 0 Å². The molecule has 0 saturated carbocycles. The van der Waals surface area contributed by atoms with Gasteiger partial charge in [0.2, 0.25) is 11.8 Å². The van der Waals surface area contributed by atoms with Crippen LogP contribution in [0.4, 0.5) is 0 Å². The Morgan fingerprint density at radius 2 is 1.62 bits per heavy atom. The minimum Gasteiger partial charge on any atom is -0.481 e. The van der Waals surface area contributed by atoms with E-state index in [9.17, 15) is 19.2 Å². The molecule has 2 amide bonds. The number of rotatable bonds is 9. The maximum Gasteiger partial charge on any atom is 0.322 e. The van der Waals surface area contributed by atoms with Gasteiger partial charge < -0.3 is 26.6 Å². The monoisotopic (exact) mass is 303 g/mol. The number of nitrogens with one attached hydrogen (secondary N) is 2. The molecule has 0 rings (SSSR count). The minimum atomic E-state index is -1.27. The lowest BCUT2D eigenvalue weighted by Crippen LogP contribution is -2.53. The summed E-state index contributed by atoms with van der Waals surface area (Å²) in [5.74, 6) is -3.80. The second kappa shape index (κ2) is 8.90. The van der Waals surface area contributed by atoms with Gasteiger partial charge in [-0.1, -0.05) is 13.8 Å². The third-order valence-corrected chi connectivity index (χ3v) is 2.49. The molecular weight excluding hydrogens is 282 g/mol. The van der Waals surface area contributed by atoms with Crippen molar-refractivity contribution in [3.05, 3.63) is 0 Å². The van der Waals surface area contributed by atoms with E-state index in [4.69, 9.17) is 15.9 Å². The van der Waals surface area contributed by atoms with Crippen molar-refractivity contribution in [2.75, 3.05) is 6.54 Å². The molecule has 0 aliphatic carbocycles. The average molecular weight is 303 g/mol. The number of aliphatic carboxylic acids is 2. The van der Waals surface area contributed by atoms with Crippen LogP contribution in [-0.2, 0) is 19.2 Å². The van der Waals surface area contributed by atoms with Gasteiger partial charge >= 0.3 is 11.9 Å². The first-order valence-corrected chi connectivity index (χ1v) is 6.40. The summed E-state index contributed by atoms with van der Waals surface area (Å²) in [6.07, 6.45) is -0.284. The van der Waals surface area contributed by atoms with Crippen LogP contribution in [0.15, 0.2) is 0 Å². The highest BCUT2D eigenvalue weighted by atomic mass is 16.4. The van der Waals surface area contributed by atoms with E-state index in [1.165, 1.54) is 0 Å². The van der Waals surface area contributed by atoms with Gasteiger partial charge in [0.05, 0.1) is 12.5 Å². The molecular formula is C12H21N3O6. The van der Waals surface area contributed by atoms with Crippen molar-refractivity contribution in [2.45, 2.75) is 38.8 Å². The Labute approximate surface area is 121 Å². The molecule has 0 saturated heterocycles. The van der Waals surface area contributed by atoms with E-state index in [1.807, 2.05) is 13.8 Å². The molecule has 0 aromatic heterocycles. The molecule has 0 fully saturated rings. The highest BCUT2D eigenvalue weighted by Crippen LogP contribution is 2.05. The Hall–Kier alpha value is -2.16. The maximum absolute atomic E-state index is 11.8. The summed E-state index contributed by atoms with van der Waals surface area (Å²) < 4.78 is 0. The number of amides is 2. The molecule has 0 aliphatic heterocycles. The molecule has 9 heteroatoms. The standard InChI is InChI=1S/C12H21N3O6/c1-6(2)3-8(12(21)14-5-10(18)19)15-11(20)7(13)4-9(16)17/h6-8H,3-5,13H2,1-2H3,(H,14,21)(H,15,20)(H,16,17)(H,18,19)/t7-,8-/m0/s1. The SMILES string of the molecule is CC(C)C[C@H](NC(=O)[C@@H](N)CC(=O)O)C(=O)NCC(=O)O. The van der Waals surface area contributed by atoms with Gasteiger partial charge in [-0.3, -0.25) is 19.2 Å². The minimum absolute atomic E-state index is 0.0570. The second-order valence-electron chi connectivity index (χ2n) is 5.01. The molecule has 0 spiro atoms. The quantitative estimate of drug-likeness (QED) is 0.347. The van der Waals surface area contributed by atoms with Crippen LogP contribution < -0.4 is 16.4 Å². The van der Waals surface area contributed by atoms with Crippen molar-refractivity contribution < 1.29 is 29.4 Å². The zero-order chi connectivity index (χ0) is 16.6. The number of nitrogens with two attached hydrogens (primary N) is 1. The molecule has 0 aromatic carbocycles. The highest BCUT2D eigenvalue weighted by Gasteiger charge is 2.25. The third-order valence-electron chi connectivity index (χ3n) is 2.49. The van der Waals surface area contributed by atoms with Crippen molar-refractivity contribution >= 4 is 23.8 Å². The number of carbonyl (C=O) groups excluding carboxylic acids is 2. The predicted octanol–water partition coefficient (Wildman–Crippen LogP) is -1.48. The van der Waals surface area contributed by atoms with Crippen LogP contribution in [0.25, 0.3) is 0 Å². The topological polar surface area (TPSA) is 159 Å². The summed E-state index contributed by atoms with van der Waals surface area (Å²) in [5, 5.41) is 21.6.